The molecular formula is C28H25ClN2O6. The summed E-state index contributed by atoms with van der Waals surface area (Å²) in [6.45, 7) is 4.15. The Hall–Kier alpha value is -4.17. The van der Waals surface area contributed by atoms with Gasteiger partial charge in [0.1, 0.15) is 11.5 Å². The van der Waals surface area contributed by atoms with Crippen LogP contribution in [0, 0.1) is 5.92 Å². The molecule has 8 nitrogen and oxygen atoms in total. The Balaban J connectivity index is 1.81. The maximum absolute atomic E-state index is 13.3. The van der Waals surface area contributed by atoms with Crippen molar-refractivity contribution in [3.63, 3.8) is 0 Å². The van der Waals surface area contributed by atoms with Crippen LogP contribution >= 0.6 is 11.6 Å². The Bertz CT molecular complexity index is 1370. The predicted molar refractivity (Wildman–Crippen MR) is 139 cm³/mol. The van der Waals surface area contributed by atoms with E-state index in [4.69, 9.17) is 21.1 Å². The van der Waals surface area contributed by atoms with Crippen molar-refractivity contribution >= 4 is 40.7 Å². The van der Waals surface area contributed by atoms with Crippen LogP contribution in [-0.4, -0.2) is 41.5 Å². The Morgan fingerprint density at radius 2 is 1.86 bits per heavy atom. The molecule has 1 aliphatic heterocycles. The van der Waals surface area contributed by atoms with E-state index in [0.29, 0.717) is 22.6 Å². The van der Waals surface area contributed by atoms with Gasteiger partial charge in [0.15, 0.2) is 0 Å². The van der Waals surface area contributed by atoms with Gasteiger partial charge in [0, 0.05) is 23.6 Å². The predicted octanol–water partition coefficient (Wildman–Crippen LogP) is 5.18. The summed E-state index contributed by atoms with van der Waals surface area (Å²) in [5.41, 5.74) is 1.17. The molecule has 1 atom stereocenters. The van der Waals surface area contributed by atoms with Gasteiger partial charge < -0.3 is 14.6 Å². The first-order valence-corrected chi connectivity index (χ1v) is 11.9. The van der Waals surface area contributed by atoms with E-state index < -0.39 is 29.5 Å². The van der Waals surface area contributed by atoms with Gasteiger partial charge in [0.25, 0.3) is 11.7 Å². The molecule has 1 N–H and O–H groups in total. The highest BCUT2D eigenvalue weighted by molar-refractivity contribution is 6.52. The van der Waals surface area contributed by atoms with Gasteiger partial charge in [-0.05, 0) is 60.0 Å². The Morgan fingerprint density at radius 1 is 1.14 bits per heavy atom. The number of halogens is 1. The average Bonchev–Trinajstić information content (AvgIpc) is 3.17. The molecule has 1 aromatic heterocycles. The second kappa shape index (κ2) is 10.8. The van der Waals surface area contributed by atoms with Crippen LogP contribution in [0.1, 0.15) is 41.4 Å². The molecule has 190 valence electrons. The molecule has 4 rings (SSSR count). The highest BCUT2D eigenvalue weighted by Crippen LogP contribution is 2.43. The van der Waals surface area contributed by atoms with Crippen LogP contribution in [0.25, 0.3) is 5.76 Å². The molecule has 0 bridgehead atoms. The number of hydrogen-bond acceptors (Lipinski definition) is 7. The zero-order valence-corrected chi connectivity index (χ0v) is 21.2. The smallest absolute Gasteiger partial charge is 0.338 e. The molecule has 9 heteroatoms. The number of aliphatic hydroxyl groups excluding tert-OH is 1. The Morgan fingerprint density at radius 3 is 2.49 bits per heavy atom. The van der Waals surface area contributed by atoms with Crippen LogP contribution in [0.5, 0.6) is 5.75 Å². The molecule has 1 aliphatic rings. The monoisotopic (exact) mass is 520 g/mol. The van der Waals surface area contributed by atoms with Gasteiger partial charge in [-0.3, -0.25) is 19.5 Å². The fourth-order valence-electron chi connectivity index (χ4n) is 3.99. The zero-order chi connectivity index (χ0) is 26.7. The average molecular weight is 521 g/mol. The topological polar surface area (TPSA) is 106 Å². The highest BCUT2D eigenvalue weighted by atomic mass is 35.5. The van der Waals surface area contributed by atoms with Gasteiger partial charge in [-0.1, -0.05) is 31.5 Å². The summed E-state index contributed by atoms with van der Waals surface area (Å²) in [6, 6.07) is 13.2. The van der Waals surface area contributed by atoms with Gasteiger partial charge in [0.05, 0.1) is 35.9 Å². The minimum Gasteiger partial charge on any atom is -0.507 e. The molecule has 1 unspecified atom stereocenters. The quantitative estimate of drug-likeness (QED) is 0.198. The van der Waals surface area contributed by atoms with Crippen LogP contribution < -0.4 is 9.64 Å². The first-order valence-electron chi connectivity index (χ1n) is 11.5. The second-order valence-corrected chi connectivity index (χ2v) is 9.25. The lowest BCUT2D eigenvalue weighted by Gasteiger charge is -2.25. The van der Waals surface area contributed by atoms with Crippen molar-refractivity contribution in [1.29, 1.82) is 0 Å². The zero-order valence-electron chi connectivity index (χ0n) is 20.5. The maximum atomic E-state index is 13.3. The first kappa shape index (κ1) is 25.9. The van der Waals surface area contributed by atoms with Gasteiger partial charge >= 0.3 is 5.97 Å². The lowest BCUT2D eigenvalue weighted by atomic mass is 9.96. The number of Topliss-reactive ketones (excluding diaryl/α,β-unsaturated/α-hetero) is 1. The number of carbonyl (C=O) groups is 3. The summed E-state index contributed by atoms with van der Waals surface area (Å²) in [7, 11) is 1.46. The number of amides is 1. The summed E-state index contributed by atoms with van der Waals surface area (Å²) in [5, 5.41) is 11.5. The van der Waals surface area contributed by atoms with Crippen molar-refractivity contribution < 1.29 is 29.0 Å². The van der Waals surface area contributed by atoms with Crippen molar-refractivity contribution in [2.45, 2.75) is 19.9 Å². The van der Waals surface area contributed by atoms with E-state index in [1.165, 1.54) is 42.5 Å². The van der Waals surface area contributed by atoms with Gasteiger partial charge in [-0.25, -0.2) is 4.79 Å². The van der Waals surface area contributed by atoms with Crippen molar-refractivity contribution in [3.8, 4) is 5.75 Å². The molecule has 37 heavy (non-hydrogen) atoms. The highest BCUT2D eigenvalue weighted by Gasteiger charge is 2.47. The van der Waals surface area contributed by atoms with Crippen LogP contribution in [0.3, 0.4) is 0 Å². The van der Waals surface area contributed by atoms with E-state index in [9.17, 15) is 19.5 Å². The van der Waals surface area contributed by atoms with Gasteiger partial charge in [-0.2, -0.15) is 0 Å². The normalized spacial score (nSPS) is 16.8. The van der Waals surface area contributed by atoms with E-state index in [1.807, 2.05) is 13.8 Å². The lowest BCUT2D eigenvalue weighted by molar-refractivity contribution is -0.132. The van der Waals surface area contributed by atoms with Crippen LogP contribution in [0.2, 0.25) is 5.02 Å². The molecule has 0 saturated carbocycles. The first-order chi connectivity index (χ1) is 17.7. The number of ketones is 1. The van der Waals surface area contributed by atoms with Gasteiger partial charge in [0.2, 0.25) is 0 Å². The molecule has 1 saturated heterocycles. The van der Waals surface area contributed by atoms with Crippen LogP contribution in [-0.2, 0) is 14.3 Å². The molecular weight excluding hydrogens is 496 g/mol. The summed E-state index contributed by atoms with van der Waals surface area (Å²) >= 11 is 6.33. The third-order valence-electron chi connectivity index (χ3n) is 5.80. The maximum Gasteiger partial charge on any atom is 0.338 e. The van der Waals surface area contributed by atoms with Crippen molar-refractivity contribution in [2.75, 3.05) is 18.6 Å². The molecule has 0 radical (unpaired) electrons. The van der Waals surface area contributed by atoms with E-state index in [1.54, 1.807) is 36.5 Å². The largest absolute Gasteiger partial charge is 0.507 e. The second-order valence-electron chi connectivity index (χ2n) is 8.84. The van der Waals surface area contributed by atoms with Crippen molar-refractivity contribution in [2.24, 2.45) is 5.92 Å². The van der Waals surface area contributed by atoms with Gasteiger partial charge in [-0.15, -0.1) is 0 Å². The number of aromatic nitrogens is 1. The van der Waals surface area contributed by atoms with Crippen molar-refractivity contribution in [1.82, 2.24) is 4.98 Å². The molecule has 0 spiro atoms. The fraction of sp³-hybridized carbons (Fsp3) is 0.214. The Labute approximate surface area is 219 Å². The van der Waals surface area contributed by atoms with Crippen LogP contribution in [0.4, 0.5) is 5.69 Å². The number of methoxy groups -OCH3 is 1. The summed E-state index contributed by atoms with van der Waals surface area (Å²) in [4.78, 5) is 44.3. The number of aliphatic hydroxyl groups is 1. The number of pyridine rings is 1. The SMILES string of the molecule is COc1ccc(Cl)c(/C(O)=C2\C(=O)C(=O)N(c3ccc(C(=O)OCC(C)C)cc3)C2c2cccnc2)c1. The van der Waals surface area contributed by atoms with E-state index in [2.05, 4.69) is 4.98 Å². The minimum absolute atomic E-state index is 0.145. The molecule has 3 aromatic rings. The number of ether oxygens (including phenoxy) is 2. The van der Waals surface area contributed by atoms with E-state index in [-0.39, 0.29) is 28.7 Å². The van der Waals surface area contributed by atoms with Crippen molar-refractivity contribution in [3.05, 3.63) is 94.3 Å². The molecule has 1 fully saturated rings. The molecule has 2 heterocycles. The third-order valence-corrected chi connectivity index (χ3v) is 6.13. The Kier molecular flexibility index (Phi) is 7.59. The number of anilines is 1. The number of benzene rings is 2. The van der Waals surface area contributed by atoms with E-state index >= 15 is 0 Å². The molecule has 1 amide bonds. The molecule has 2 aromatic carbocycles. The lowest BCUT2D eigenvalue weighted by Crippen LogP contribution is -2.29. The number of carbonyl (C=O) groups excluding carboxylic acids is 3. The summed E-state index contributed by atoms with van der Waals surface area (Å²) in [6.07, 6.45) is 3.08. The van der Waals surface area contributed by atoms with Crippen LogP contribution in [0.15, 0.2) is 72.6 Å². The minimum atomic E-state index is -0.991. The number of esters is 1. The number of rotatable bonds is 7. The summed E-state index contributed by atoms with van der Waals surface area (Å²) in [5.74, 6) is -2.05. The number of nitrogens with zero attached hydrogens (tertiary/aromatic N) is 2. The molecule has 0 aliphatic carbocycles. The standard InChI is InChI=1S/C28H25ClN2O6/c1-16(2)15-37-28(35)17-6-8-19(9-7-17)31-24(18-5-4-12-30-14-18)23(26(33)27(31)34)25(32)21-13-20(36-3)10-11-22(21)29/h4-14,16,24,32H,15H2,1-3H3/b25-23+. The summed E-state index contributed by atoms with van der Waals surface area (Å²) < 4.78 is 10.5. The van der Waals surface area contributed by atoms with E-state index in [0.717, 1.165) is 0 Å². The third kappa shape index (κ3) is 5.20. The fourth-order valence-corrected chi connectivity index (χ4v) is 4.20. The number of hydrogen-bond donors (Lipinski definition) is 1.